The maximum absolute atomic E-state index is 10.5. The first-order valence-electron chi connectivity index (χ1n) is 5.51. The summed E-state index contributed by atoms with van der Waals surface area (Å²) in [5.41, 5.74) is 1.47. The van der Waals surface area contributed by atoms with E-state index in [1.165, 1.54) is 7.11 Å². The van der Waals surface area contributed by atoms with E-state index in [4.69, 9.17) is 14.3 Å². The molecular weight excluding hydrogens is 234 g/mol. The van der Waals surface area contributed by atoms with Crippen LogP contribution in [0.4, 0.5) is 0 Å². The first kappa shape index (κ1) is 12.2. The number of methoxy groups -OCH3 is 1. The minimum atomic E-state index is -0.881. The van der Waals surface area contributed by atoms with Crippen molar-refractivity contribution in [1.82, 2.24) is 4.98 Å². The highest BCUT2D eigenvalue weighted by Crippen LogP contribution is 2.30. The minimum absolute atomic E-state index is 0.0160. The Morgan fingerprint density at radius 1 is 1.39 bits per heavy atom. The summed E-state index contributed by atoms with van der Waals surface area (Å²) in [5.74, 6) is -0.205. The van der Waals surface area contributed by atoms with Gasteiger partial charge in [-0.2, -0.15) is 0 Å². The van der Waals surface area contributed by atoms with Crippen molar-refractivity contribution in [2.45, 2.75) is 12.8 Å². The van der Waals surface area contributed by atoms with E-state index < -0.39 is 5.97 Å². The van der Waals surface area contributed by atoms with Gasteiger partial charge in [0, 0.05) is 12.0 Å². The summed E-state index contributed by atoms with van der Waals surface area (Å²) in [6.45, 7) is 0. The molecule has 1 aromatic carbocycles. The summed E-state index contributed by atoms with van der Waals surface area (Å²) >= 11 is 0. The molecule has 18 heavy (non-hydrogen) atoms. The lowest BCUT2D eigenvalue weighted by atomic mass is 10.2. The number of rotatable bonds is 5. The van der Waals surface area contributed by atoms with Crippen molar-refractivity contribution >= 4 is 5.97 Å². The molecule has 5 nitrogen and oxygen atoms in total. The maximum Gasteiger partial charge on any atom is 0.313 e. The second-order valence-corrected chi connectivity index (χ2v) is 3.71. The fourth-order valence-electron chi connectivity index (χ4n) is 1.59. The molecule has 0 atom stereocenters. The molecule has 0 aliphatic heterocycles. The SMILES string of the molecule is COc1oc(CCC(=O)O)nc1-c1ccccc1. The number of aromatic nitrogens is 1. The molecule has 0 amide bonds. The molecule has 94 valence electrons. The fraction of sp³-hybridized carbons (Fsp3) is 0.231. The first-order chi connectivity index (χ1) is 8.70. The lowest BCUT2D eigenvalue weighted by Crippen LogP contribution is -1.97. The second-order valence-electron chi connectivity index (χ2n) is 3.71. The molecule has 0 spiro atoms. The highest BCUT2D eigenvalue weighted by atomic mass is 16.6. The summed E-state index contributed by atoms with van der Waals surface area (Å²) in [4.78, 5) is 14.8. The topological polar surface area (TPSA) is 72.6 Å². The van der Waals surface area contributed by atoms with Crippen molar-refractivity contribution in [3.8, 4) is 17.2 Å². The normalized spacial score (nSPS) is 10.3. The predicted octanol–water partition coefficient (Wildman–Crippen LogP) is 2.37. The zero-order valence-corrected chi connectivity index (χ0v) is 9.92. The van der Waals surface area contributed by atoms with Crippen molar-refractivity contribution in [3.63, 3.8) is 0 Å². The van der Waals surface area contributed by atoms with Crippen molar-refractivity contribution < 1.29 is 19.1 Å². The predicted molar refractivity (Wildman–Crippen MR) is 64.4 cm³/mol. The molecule has 5 heteroatoms. The van der Waals surface area contributed by atoms with E-state index in [0.29, 0.717) is 17.5 Å². The Bertz CT molecular complexity index is 533. The molecule has 0 aliphatic rings. The first-order valence-corrected chi connectivity index (χ1v) is 5.51. The maximum atomic E-state index is 10.5. The van der Waals surface area contributed by atoms with Gasteiger partial charge in [0.2, 0.25) is 0 Å². The lowest BCUT2D eigenvalue weighted by molar-refractivity contribution is -0.137. The van der Waals surface area contributed by atoms with Crippen LogP contribution in [-0.4, -0.2) is 23.2 Å². The number of ether oxygens (including phenoxy) is 1. The fourth-order valence-corrected chi connectivity index (χ4v) is 1.59. The van der Waals surface area contributed by atoms with Gasteiger partial charge in [0.05, 0.1) is 13.5 Å². The molecule has 0 aliphatic carbocycles. The van der Waals surface area contributed by atoms with Gasteiger partial charge in [0.1, 0.15) is 0 Å². The number of carbonyl (C=O) groups is 1. The van der Waals surface area contributed by atoms with E-state index in [-0.39, 0.29) is 12.8 Å². The van der Waals surface area contributed by atoms with E-state index in [9.17, 15) is 4.79 Å². The average Bonchev–Trinajstić information content (AvgIpc) is 2.80. The van der Waals surface area contributed by atoms with Crippen LogP contribution in [0.3, 0.4) is 0 Å². The molecule has 2 rings (SSSR count). The number of hydrogen-bond acceptors (Lipinski definition) is 4. The molecule has 1 aromatic heterocycles. The smallest absolute Gasteiger partial charge is 0.313 e. The van der Waals surface area contributed by atoms with E-state index in [0.717, 1.165) is 5.56 Å². The zero-order valence-electron chi connectivity index (χ0n) is 9.92. The molecule has 0 saturated heterocycles. The molecular formula is C13H13NO4. The van der Waals surface area contributed by atoms with Gasteiger partial charge in [-0.1, -0.05) is 30.3 Å². The van der Waals surface area contributed by atoms with Gasteiger partial charge in [-0.25, -0.2) is 4.98 Å². The Hall–Kier alpha value is -2.30. The molecule has 1 heterocycles. The Morgan fingerprint density at radius 3 is 2.72 bits per heavy atom. The number of aryl methyl sites for hydroxylation is 1. The Kier molecular flexibility index (Phi) is 3.62. The van der Waals surface area contributed by atoms with Gasteiger partial charge in [0.25, 0.3) is 0 Å². The minimum Gasteiger partial charge on any atom is -0.481 e. The third-order valence-corrected chi connectivity index (χ3v) is 2.43. The van der Waals surface area contributed by atoms with E-state index in [2.05, 4.69) is 4.98 Å². The zero-order chi connectivity index (χ0) is 13.0. The van der Waals surface area contributed by atoms with Crippen LogP contribution >= 0.6 is 0 Å². The second kappa shape index (κ2) is 5.35. The Morgan fingerprint density at radius 2 is 2.11 bits per heavy atom. The number of nitrogens with zero attached hydrogens (tertiary/aromatic N) is 1. The number of carboxylic acids is 1. The van der Waals surface area contributed by atoms with Crippen LogP contribution in [0, 0.1) is 0 Å². The van der Waals surface area contributed by atoms with Crippen molar-refractivity contribution in [2.75, 3.05) is 7.11 Å². The van der Waals surface area contributed by atoms with Crippen LogP contribution in [0.15, 0.2) is 34.7 Å². The standard InChI is InChI=1S/C13H13NO4/c1-17-13-12(9-5-3-2-4-6-9)14-10(18-13)7-8-11(15)16/h2-6H,7-8H2,1H3,(H,15,16). The Balaban J connectivity index is 2.27. The van der Waals surface area contributed by atoms with Crippen LogP contribution < -0.4 is 4.74 Å². The van der Waals surface area contributed by atoms with Gasteiger partial charge < -0.3 is 14.3 Å². The van der Waals surface area contributed by atoms with Crippen LogP contribution in [-0.2, 0) is 11.2 Å². The van der Waals surface area contributed by atoms with Gasteiger partial charge in [-0.15, -0.1) is 0 Å². The third kappa shape index (κ3) is 2.68. The van der Waals surface area contributed by atoms with Crippen molar-refractivity contribution in [1.29, 1.82) is 0 Å². The quantitative estimate of drug-likeness (QED) is 0.878. The number of benzene rings is 1. The molecule has 0 bridgehead atoms. The van der Waals surface area contributed by atoms with Crippen LogP contribution in [0.5, 0.6) is 5.95 Å². The third-order valence-electron chi connectivity index (χ3n) is 2.43. The number of oxazole rings is 1. The average molecular weight is 247 g/mol. The number of hydrogen-bond donors (Lipinski definition) is 1. The lowest BCUT2D eigenvalue weighted by Gasteiger charge is -1.97. The van der Waals surface area contributed by atoms with Crippen molar-refractivity contribution in [3.05, 3.63) is 36.2 Å². The van der Waals surface area contributed by atoms with Crippen LogP contribution in [0.1, 0.15) is 12.3 Å². The summed E-state index contributed by atoms with van der Waals surface area (Å²) in [6.07, 6.45) is 0.233. The van der Waals surface area contributed by atoms with E-state index in [1.54, 1.807) is 0 Å². The monoisotopic (exact) mass is 247 g/mol. The number of aliphatic carboxylic acids is 1. The molecule has 0 saturated carbocycles. The highest BCUT2D eigenvalue weighted by molar-refractivity contribution is 5.67. The summed E-state index contributed by atoms with van der Waals surface area (Å²) in [7, 11) is 1.49. The van der Waals surface area contributed by atoms with Crippen LogP contribution in [0.2, 0.25) is 0 Å². The Labute approximate surface area is 104 Å². The molecule has 2 aromatic rings. The van der Waals surface area contributed by atoms with E-state index in [1.807, 2.05) is 30.3 Å². The highest BCUT2D eigenvalue weighted by Gasteiger charge is 2.16. The molecule has 0 fully saturated rings. The molecule has 0 radical (unpaired) electrons. The molecule has 1 N–H and O–H groups in total. The number of carboxylic acid groups (broad SMARTS) is 1. The van der Waals surface area contributed by atoms with Gasteiger partial charge in [-0.3, -0.25) is 4.79 Å². The van der Waals surface area contributed by atoms with Gasteiger partial charge >= 0.3 is 11.9 Å². The van der Waals surface area contributed by atoms with Gasteiger partial charge in [-0.05, 0) is 0 Å². The largest absolute Gasteiger partial charge is 0.481 e. The van der Waals surface area contributed by atoms with Crippen LogP contribution in [0.25, 0.3) is 11.3 Å². The van der Waals surface area contributed by atoms with E-state index >= 15 is 0 Å². The van der Waals surface area contributed by atoms with Crippen molar-refractivity contribution in [2.24, 2.45) is 0 Å². The van der Waals surface area contributed by atoms with Gasteiger partial charge in [0.15, 0.2) is 11.6 Å². The summed E-state index contributed by atoms with van der Waals surface area (Å²) in [6, 6.07) is 9.46. The summed E-state index contributed by atoms with van der Waals surface area (Å²) < 4.78 is 10.5. The summed E-state index contributed by atoms with van der Waals surface area (Å²) in [5, 5.41) is 8.62. The molecule has 0 unspecified atom stereocenters.